The van der Waals surface area contributed by atoms with Crippen LogP contribution in [0.3, 0.4) is 0 Å². The first kappa shape index (κ1) is 21.7. The summed E-state index contributed by atoms with van der Waals surface area (Å²) in [5, 5.41) is 0.464. The molecule has 0 aliphatic rings. The molecule has 9 heteroatoms. The van der Waals surface area contributed by atoms with Crippen LogP contribution in [0.5, 0.6) is 5.75 Å². The highest BCUT2D eigenvalue weighted by Gasteiger charge is 2.25. The van der Waals surface area contributed by atoms with Gasteiger partial charge in [-0.25, -0.2) is 8.42 Å². The van der Waals surface area contributed by atoms with E-state index in [1.807, 2.05) is 13.8 Å². The topological polar surface area (TPSA) is 80.8 Å². The predicted molar refractivity (Wildman–Crippen MR) is 106 cm³/mol. The van der Waals surface area contributed by atoms with E-state index >= 15 is 0 Å². The van der Waals surface area contributed by atoms with Crippen LogP contribution >= 0.6 is 11.6 Å². The monoisotopic (exact) mass is 431 g/mol. The summed E-state index contributed by atoms with van der Waals surface area (Å²) in [4.78, 5) is 0.171. The van der Waals surface area contributed by atoms with E-state index in [-0.39, 0.29) is 23.1 Å². The third-order valence-corrected chi connectivity index (χ3v) is 6.12. The van der Waals surface area contributed by atoms with Crippen LogP contribution in [0.15, 0.2) is 53.4 Å². The van der Waals surface area contributed by atoms with Crippen molar-refractivity contribution in [3.63, 3.8) is 0 Å². The zero-order valence-electron chi connectivity index (χ0n) is 15.3. The van der Waals surface area contributed by atoms with E-state index in [0.29, 0.717) is 17.1 Å². The smallest absolute Gasteiger partial charge is 0.306 e. The lowest BCUT2D eigenvalue weighted by atomic mass is 10.2. The highest BCUT2D eigenvalue weighted by atomic mass is 35.5. The fourth-order valence-electron chi connectivity index (χ4n) is 2.44. The van der Waals surface area contributed by atoms with Gasteiger partial charge in [0.25, 0.3) is 0 Å². The first-order valence-corrected chi connectivity index (χ1v) is 11.8. The maximum absolute atomic E-state index is 13.0. The molecule has 0 saturated heterocycles. The van der Waals surface area contributed by atoms with E-state index in [9.17, 15) is 16.8 Å². The summed E-state index contributed by atoms with van der Waals surface area (Å²) in [5.41, 5.74) is 0.717. The van der Waals surface area contributed by atoms with Crippen LogP contribution in [0.2, 0.25) is 5.02 Å². The van der Waals surface area contributed by atoms with Crippen LogP contribution in [0, 0.1) is 5.92 Å². The second kappa shape index (κ2) is 8.60. The maximum atomic E-state index is 13.0. The molecule has 0 aromatic heterocycles. The minimum absolute atomic E-state index is 0.125. The van der Waals surface area contributed by atoms with Crippen molar-refractivity contribution < 1.29 is 21.0 Å². The lowest BCUT2D eigenvalue weighted by Crippen LogP contribution is -2.33. The Morgan fingerprint density at radius 3 is 2.00 bits per heavy atom. The van der Waals surface area contributed by atoms with Crippen LogP contribution < -0.4 is 4.18 Å². The van der Waals surface area contributed by atoms with Crippen LogP contribution in [0.1, 0.15) is 19.4 Å². The Balaban J connectivity index is 2.27. The van der Waals surface area contributed by atoms with E-state index < -0.39 is 20.1 Å². The molecule has 2 rings (SSSR count). The molecule has 0 aliphatic heterocycles. The largest absolute Gasteiger partial charge is 0.383 e. The number of halogens is 1. The lowest BCUT2D eigenvalue weighted by molar-refractivity contribution is 0.362. The van der Waals surface area contributed by atoms with E-state index in [2.05, 4.69) is 0 Å². The zero-order chi connectivity index (χ0) is 20.2. The molecule has 27 heavy (non-hydrogen) atoms. The van der Waals surface area contributed by atoms with Crippen molar-refractivity contribution in [1.82, 2.24) is 4.31 Å². The molecular formula is C18H22ClNO5S2. The normalized spacial score (nSPS) is 12.5. The molecular weight excluding hydrogens is 410 g/mol. The molecule has 2 aromatic carbocycles. The molecule has 0 amide bonds. The summed E-state index contributed by atoms with van der Waals surface area (Å²) in [5.74, 6) is 0.303. The van der Waals surface area contributed by atoms with E-state index in [1.165, 1.54) is 28.6 Å². The predicted octanol–water partition coefficient (Wildman–Crippen LogP) is 3.53. The highest BCUT2D eigenvalue weighted by molar-refractivity contribution is 7.89. The quantitative estimate of drug-likeness (QED) is 0.597. The summed E-state index contributed by atoms with van der Waals surface area (Å²) in [7, 11) is -7.31. The molecule has 0 heterocycles. The summed E-state index contributed by atoms with van der Waals surface area (Å²) in [6, 6.07) is 12.3. The van der Waals surface area contributed by atoms with Crippen LogP contribution in [0.25, 0.3) is 0 Å². The molecule has 148 valence electrons. The van der Waals surface area contributed by atoms with Gasteiger partial charge in [-0.3, -0.25) is 0 Å². The van der Waals surface area contributed by atoms with E-state index in [4.69, 9.17) is 15.8 Å². The van der Waals surface area contributed by atoms with Crippen LogP contribution in [-0.2, 0) is 26.7 Å². The fourth-order valence-corrected chi connectivity index (χ4v) is 4.62. The highest BCUT2D eigenvalue weighted by Crippen LogP contribution is 2.23. The molecule has 6 nitrogen and oxygen atoms in total. The standard InChI is InChI=1S/C18H22ClNO5S2/c1-14(2)12-20(27(23,24)18-10-6-16(19)7-11-18)13-15-4-8-17(9-5-15)25-26(3,21)22/h4-11,14H,12-13H2,1-3H3. The van der Waals surface area contributed by atoms with Gasteiger partial charge in [0.15, 0.2) is 0 Å². The summed E-state index contributed by atoms with van der Waals surface area (Å²) in [6.45, 7) is 4.37. The van der Waals surface area contributed by atoms with Crippen molar-refractivity contribution in [3.8, 4) is 5.75 Å². The molecule has 0 saturated carbocycles. The van der Waals surface area contributed by atoms with Crippen molar-refractivity contribution in [2.45, 2.75) is 25.3 Å². The average molecular weight is 432 g/mol. The van der Waals surface area contributed by atoms with Gasteiger partial charge in [-0.1, -0.05) is 37.6 Å². The number of hydrogen-bond acceptors (Lipinski definition) is 5. The Bertz CT molecular complexity index is 969. The molecule has 0 aliphatic carbocycles. The van der Waals surface area contributed by atoms with Gasteiger partial charge in [0.05, 0.1) is 11.2 Å². The molecule has 0 unspecified atom stereocenters. The third kappa shape index (κ3) is 6.49. The SMILES string of the molecule is CC(C)CN(Cc1ccc(OS(C)(=O)=O)cc1)S(=O)(=O)c1ccc(Cl)cc1. The summed E-state index contributed by atoms with van der Waals surface area (Å²) < 4.78 is 54.6. The van der Waals surface area contributed by atoms with Crippen molar-refractivity contribution >= 4 is 31.7 Å². The number of hydrogen-bond donors (Lipinski definition) is 0. The Hall–Kier alpha value is -1.61. The molecule has 0 N–H and O–H groups in total. The Morgan fingerprint density at radius 1 is 0.963 bits per heavy atom. The molecule has 0 radical (unpaired) electrons. The number of nitrogens with zero attached hydrogens (tertiary/aromatic N) is 1. The molecule has 0 spiro atoms. The Labute approximate surface area is 165 Å². The molecule has 0 atom stereocenters. The van der Waals surface area contributed by atoms with Gasteiger partial charge in [-0.2, -0.15) is 12.7 Å². The first-order valence-electron chi connectivity index (χ1n) is 8.21. The number of rotatable bonds is 8. The van der Waals surface area contributed by atoms with Gasteiger partial charge in [0, 0.05) is 18.1 Å². The minimum atomic E-state index is -3.70. The van der Waals surface area contributed by atoms with Crippen molar-refractivity contribution in [1.29, 1.82) is 0 Å². The number of benzene rings is 2. The van der Waals surface area contributed by atoms with Gasteiger partial charge in [-0.05, 0) is 47.9 Å². The van der Waals surface area contributed by atoms with Gasteiger partial charge in [-0.15, -0.1) is 0 Å². The van der Waals surface area contributed by atoms with E-state index in [0.717, 1.165) is 6.26 Å². The second-order valence-electron chi connectivity index (χ2n) is 6.58. The summed E-state index contributed by atoms with van der Waals surface area (Å²) >= 11 is 5.85. The van der Waals surface area contributed by atoms with Gasteiger partial charge in [0.1, 0.15) is 5.75 Å². The van der Waals surface area contributed by atoms with Crippen molar-refractivity contribution in [2.75, 3.05) is 12.8 Å². The Morgan fingerprint density at radius 2 is 1.52 bits per heavy atom. The van der Waals surface area contributed by atoms with Gasteiger partial charge in [0.2, 0.25) is 10.0 Å². The summed E-state index contributed by atoms with van der Waals surface area (Å²) in [6.07, 6.45) is 0.962. The molecule has 0 bridgehead atoms. The Kier molecular flexibility index (Phi) is 6.91. The zero-order valence-corrected chi connectivity index (χ0v) is 17.7. The fraction of sp³-hybridized carbons (Fsp3) is 0.333. The van der Waals surface area contributed by atoms with Crippen LogP contribution in [0.4, 0.5) is 0 Å². The van der Waals surface area contributed by atoms with Crippen molar-refractivity contribution in [3.05, 3.63) is 59.1 Å². The van der Waals surface area contributed by atoms with Crippen LogP contribution in [-0.4, -0.2) is 33.9 Å². The minimum Gasteiger partial charge on any atom is -0.383 e. The lowest BCUT2D eigenvalue weighted by Gasteiger charge is -2.24. The number of sulfonamides is 1. The van der Waals surface area contributed by atoms with Gasteiger partial charge < -0.3 is 4.18 Å². The molecule has 2 aromatic rings. The third-order valence-electron chi connectivity index (χ3n) is 3.55. The van der Waals surface area contributed by atoms with Crippen molar-refractivity contribution in [2.24, 2.45) is 5.92 Å². The second-order valence-corrected chi connectivity index (χ2v) is 10.5. The maximum Gasteiger partial charge on any atom is 0.306 e. The van der Waals surface area contributed by atoms with E-state index in [1.54, 1.807) is 24.3 Å². The first-order chi connectivity index (χ1) is 12.5. The van der Waals surface area contributed by atoms with Gasteiger partial charge >= 0.3 is 10.1 Å². The average Bonchev–Trinajstić information content (AvgIpc) is 2.54. The molecule has 0 fully saturated rings.